The first kappa shape index (κ1) is 13.2. The number of imidazole rings is 1. The maximum atomic E-state index is 11.4. The first-order chi connectivity index (χ1) is 10.2. The Morgan fingerprint density at radius 3 is 2.67 bits per heavy atom. The van der Waals surface area contributed by atoms with Crippen LogP contribution >= 0.6 is 0 Å². The number of carboxylic acid groups (broad SMARTS) is 1. The van der Waals surface area contributed by atoms with Crippen LogP contribution in [0.2, 0.25) is 0 Å². The molecular formula is C16H14N2O3. The van der Waals surface area contributed by atoms with Gasteiger partial charge in [0.1, 0.15) is 17.9 Å². The minimum atomic E-state index is -0.988. The van der Waals surface area contributed by atoms with Crippen molar-refractivity contribution in [3.8, 4) is 5.75 Å². The minimum absolute atomic E-state index is 0.180. The van der Waals surface area contributed by atoms with Gasteiger partial charge in [0.25, 0.3) is 0 Å². The van der Waals surface area contributed by atoms with E-state index in [9.17, 15) is 9.90 Å². The maximum Gasteiger partial charge on any atom is 0.339 e. The zero-order valence-corrected chi connectivity index (χ0v) is 11.3. The third-order valence-electron chi connectivity index (χ3n) is 3.24. The second-order valence-corrected chi connectivity index (χ2v) is 4.65. The number of benzene rings is 2. The normalized spacial score (nSPS) is 10.7. The fourth-order valence-electron chi connectivity index (χ4n) is 2.19. The Hall–Kier alpha value is -2.82. The van der Waals surface area contributed by atoms with Crippen LogP contribution in [0.1, 0.15) is 10.4 Å². The SMILES string of the molecule is O=C(O)c1cc2ccccc2cc1OCCn1ccnc1. The fourth-order valence-corrected chi connectivity index (χ4v) is 2.19. The zero-order valence-electron chi connectivity index (χ0n) is 11.3. The first-order valence-electron chi connectivity index (χ1n) is 6.58. The quantitative estimate of drug-likeness (QED) is 0.781. The number of rotatable bonds is 5. The van der Waals surface area contributed by atoms with Crippen molar-refractivity contribution in [3.63, 3.8) is 0 Å². The van der Waals surface area contributed by atoms with Gasteiger partial charge in [0, 0.05) is 12.4 Å². The smallest absolute Gasteiger partial charge is 0.339 e. The first-order valence-corrected chi connectivity index (χ1v) is 6.58. The van der Waals surface area contributed by atoms with Gasteiger partial charge in [-0.2, -0.15) is 0 Å². The molecule has 106 valence electrons. The number of aromatic carboxylic acids is 1. The van der Waals surface area contributed by atoms with Gasteiger partial charge in [-0.3, -0.25) is 0 Å². The molecule has 5 heteroatoms. The number of hydrogen-bond donors (Lipinski definition) is 1. The van der Waals surface area contributed by atoms with E-state index in [1.165, 1.54) is 0 Å². The molecule has 21 heavy (non-hydrogen) atoms. The molecule has 0 bridgehead atoms. The van der Waals surface area contributed by atoms with Gasteiger partial charge in [-0.25, -0.2) is 9.78 Å². The van der Waals surface area contributed by atoms with Crippen molar-refractivity contribution >= 4 is 16.7 Å². The lowest BCUT2D eigenvalue weighted by Crippen LogP contribution is -2.09. The standard InChI is InChI=1S/C16H14N2O3/c19-16(20)14-9-12-3-1-2-4-13(12)10-15(14)21-8-7-18-6-5-17-11-18/h1-6,9-11H,7-8H2,(H,19,20). The number of nitrogens with zero attached hydrogens (tertiary/aromatic N) is 2. The lowest BCUT2D eigenvalue weighted by Gasteiger charge is -2.11. The summed E-state index contributed by atoms with van der Waals surface area (Å²) in [5, 5.41) is 11.2. The molecule has 5 nitrogen and oxygen atoms in total. The Morgan fingerprint density at radius 1 is 1.24 bits per heavy atom. The van der Waals surface area contributed by atoms with Crippen molar-refractivity contribution in [2.75, 3.05) is 6.61 Å². The van der Waals surface area contributed by atoms with Crippen LogP contribution in [0.25, 0.3) is 10.8 Å². The summed E-state index contributed by atoms with van der Waals surface area (Å²) in [7, 11) is 0. The summed E-state index contributed by atoms with van der Waals surface area (Å²) in [5.74, 6) is -0.598. The van der Waals surface area contributed by atoms with Gasteiger partial charge >= 0.3 is 5.97 Å². The van der Waals surface area contributed by atoms with E-state index in [1.807, 2.05) is 35.0 Å². The number of hydrogen-bond acceptors (Lipinski definition) is 3. The molecule has 0 aliphatic carbocycles. The van der Waals surface area contributed by atoms with E-state index in [-0.39, 0.29) is 5.56 Å². The van der Waals surface area contributed by atoms with Crippen LogP contribution in [-0.4, -0.2) is 27.2 Å². The van der Waals surface area contributed by atoms with Crippen LogP contribution < -0.4 is 4.74 Å². The molecule has 0 aliphatic heterocycles. The highest BCUT2D eigenvalue weighted by Gasteiger charge is 2.12. The van der Waals surface area contributed by atoms with E-state index < -0.39 is 5.97 Å². The van der Waals surface area contributed by atoms with Gasteiger partial charge in [-0.1, -0.05) is 24.3 Å². The van der Waals surface area contributed by atoms with E-state index in [2.05, 4.69) is 4.98 Å². The third kappa shape index (κ3) is 2.86. The molecule has 1 heterocycles. The van der Waals surface area contributed by atoms with Crippen molar-refractivity contribution in [2.24, 2.45) is 0 Å². The molecule has 1 N–H and O–H groups in total. The third-order valence-corrected chi connectivity index (χ3v) is 3.24. The molecule has 0 spiro atoms. The van der Waals surface area contributed by atoms with Crippen LogP contribution in [-0.2, 0) is 6.54 Å². The van der Waals surface area contributed by atoms with Crippen LogP contribution in [0.15, 0.2) is 55.1 Å². The highest BCUT2D eigenvalue weighted by molar-refractivity contribution is 5.97. The summed E-state index contributed by atoms with van der Waals surface area (Å²) in [6, 6.07) is 11.0. The minimum Gasteiger partial charge on any atom is -0.491 e. The molecule has 0 atom stereocenters. The number of carbonyl (C=O) groups is 1. The predicted molar refractivity (Wildman–Crippen MR) is 78.6 cm³/mol. The number of aromatic nitrogens is 2. The van der Waals surface area contributed by atoms with E-state index >= 15 is 0 Å². The van der Waals surface area contributed by atoms with Gasteiger partial charge in [-0.15, -0.1) is 0 Å². The number of fused-ring (bicyclic) bond motifs is 1. The molecule has 0 saturated carbocycles. The average molecular weight is 282 g/mol. The molecule has 1 aromatic heterocycles. The summed E-state index contributed by atoms with van der Waals surface area (Å²) >= 11 is 0. The van der Waals surface area contributed by atoms with E-state index in [0.717, 1.165) is 10.8 Å². The summed E-state index contributed by atoms with van der Waals surface area (Å²) < 4.78 is 7.53. The molecule has 0 fully saturated rings. The number of carboxylic acids is 1. The van der Waals surface area contributed by atoms with Crippen molar-refractivity contribution in [1.82, 2.24) is 9.55 Å². The second-order valence-electron chi connectivity index (χ2n) is 4.65. The van der Waals surface area contributed by atoms with Crippen molar-refractivity contribution in [1.29, 1.82) is 0 Å². The Labute approximate surface area is 121 Å². The molecule has 3 aromatic rings. The molecule has 0 amide bonds. The van der Waals surface area contributed by atoms with Crippen molar-refractivity contribution in [3.05, 3.63) is 60.7 Å². The predicted octanol–water partition coefficient (Wildman–Crippen LogP) is 2.81. The monoisotopic (exact) mass is 282 g/mol. The zero-order chi connectivity index (χ0) is 14.7. The summed E-state index contributed by atoms with van der Waals surface area (Å²) in [6.45, 7) is 1.00. The van der Waals surface area contributed by atoms with Crippen LogP contribution in [0.4, 0.5) is 0 Å². The summed E-state index contributed by atoms with van der Waals surface area (Å²) in [4.78, 5) is 15.3. The van der Waals surface area contributed by atoms with E-state index in [4.69, 9.17) is 4.74 Å². The van der Waals surface area contributed by atoms with Crippen molar-refractivity contribution < 1.29 is 14.6 Å². The van der Waals surface area contributed by atoms with Gasteiger partial charge < -0.3 is 14.4 Å². The van der Waals surface area contributed by atoms with E-state index in [0.29, 0.717) is 18.9 Å². The lowest BCUT2D eigenvalue weighted by molar-refractivity contribution is 0.0692. The lowest BCUT2D eigenvalue weighted by atomic mass is 10.1. The summed E-state index contributed by atoms with van der Waals surface area (Å²) in [5.41, 5.74) is 0.180. The molecule has 0 radical (unpaired) electrons. The highest BCUT2D eigenvalue weighted by atomic mass is 16.5. The average Bonchev–Trinajstić information content (AvgIpc) is 2.99. The molecule has 3 rings (SSSR count). The Kier molecular flexibility index (Phi) is 3.55. The van der Waals surface area contributed by atoms with Crippen LogP contribution in [0.5, 0.6) is 5.75 Å². The van der Waals surface area contributed by atoms with Gasteiger partial charge in [0.05, 0.1) is 12.9 Å². The van der Waals surface area contributed by atoms with Crippen LogP contribution in [0, 0.1) is 0 Å². The van der Waals surface area contributed by atoms with Crippen LogP contribution in [0.3, 0.4) is 0 Å². The van der Waals surface area contributed by atoms with E-state index in [1.54, 1.807) is 24.7 Å². The fraction of sp³-hybridized carbons (Fsp3) is 0.125. The second kappa shape index (κ2) is 5.66. The van der Waals surface area contributed by atoms with Crippen molar-refractivity contribution in [2.45, 2.75) is 6.54 Å². The topological polar surface area (TPSA) is 64.3 Å². The number of ether oxygens (including phenoxy) is 1. The Morgan fingerprint density at radius 2 is 2.00 bits per heavy atom. The molecule has 0 saturated heterocycles. The largest absolute Gasteiger partial charge is 0.491 e. The molecule has 2 aromatic carbocycles. The Bertz CT molecular complexity index is 766. The van der Waals surface area contributed by atoms with Gasteiger partial charge in [0.15, 0.2) is 0 Å². The molecular weight excluding hydrogens is 268 g/mol. The Balaban J connectivity index is 1.85. The molecule has 0 aliphatic rings. The molecule has 0 unspecified atom stereocenters. The summed E-state index contributed by atoms with van der Waals surface area (Å²) in [6.07, 6.45) is 5.22. The maximum absolute atomic E-state index is 11.4. The highest BCUT2D eigenvalue weighted by Crippen LogP contribution is 2.26. The van der Waals surface area contributed by atoms with Gasteiger partial charge in [0.2, 0.25) is 0 Å². The van der Waals surface area contributed by atoms with Gasteiger partial charge in [-0.05, 0) is 22.9 Å².